The van der Waals surface area contributed by atoms with Gasteiger partial charge < -0.3 is 24.8 Å². The molecule has 0 radical (unpaired) electrons. The molecule has 0 saturated carbocycles. The molecule has 158 valence electrons. The Balaban J connectivity index is 0.00000300. The van der Waals surface area contributed by atoms with Crippen molar-refractivity contribution < 1.29 is 14.2 Å². The first-order valence-electron chi connectivity index (χ1n) is 9.77. The molecule has 1 atom stereocenters. The Bertz CT molecular complexity index is 771. The van der Waals surface area contributed by atoms with Crippen LogP contribution >= 0.6 is 24.0 Å². The maximum Gasteiger partial charge on any atom is 0.213 e. The van der Waals surface area contributed by atoms with E-state index in [9.17, 15) is 0 Å². The summed E-state index contributed by atoms with van der Waals surface area (Å²) >= 11 is 0. The molecular formula is C21H29IN4O3. The highest BCUT2D eigenvalue weighted by molar-refractivity contribution is 14.0. The molecule has 1 aromatic heterocycles. The van der Waals surface area contributed by atoms with Crippen LogP contribution in [0.1, 0.15) is 25.8 Å². The van der Waals surface area contributed by atoms with E-state index in [1.165, 1.54) is 0 Å². The minimum absolute atomic E-state index is 0. The van der Waals surface area contributed by atoms with Crippen LogP contribution in [0, 0.1) is 0 Å². The van der Waals surface area contributed by atoms with Crippen molar-refractivity contribution in [1.82, 2.24) is 15.6 Å². The van der Waals surface area contributed by atoms with Crippen LogP contribution in [0.15, 0.2) is 47.6 Å². The van der Waals surface area contributed by atoms with Gasteiger partial charge in [-0.3, -0.25) is 0 Å². The quantitative estimate of drug-likeness (QED) is 0.321. The molecule has 7 nitrogen and oxygen atoms in total. The number of ether oxygens (including phenoxy) is 3. The van der Waals surface area contributed by atoms with Gasteiger partial charge in [-0.25, -0.2) is 9.98 Å². The number of aromatic nitrogens is 1. The molecule has 1 aromatic carbocycles. The summed E-state index contributed by atoms with van der Waals surface area (Å²) in [5, 5.41) is 6.57. The van der Waals surface area contributed by atoms with E-state index >= 15 is 0 Å². The summed E-state index contributed by atoms with van der Waals surface area (Å²) in [5.41, 5.74) is 1.02. The number of aliphatic imine (C=N–C) groups is 1. The molecule has 1 aliphatic heterocycles. The van der Waals surface area contributed by atoms with Crippen molar-refractivity contribution in [3.8, 4) is 17.4 Å². The first-order chi connectivity index (χ1) is 13.8. The van der Waals surface area contributed by atoms with Crippen LogP contribution in [-0.4, -0.2) is 43.4 Å². The average Bonchev–Trinajstić information content (AvgIpc) is 2.75. The van der Waals surface area contributed by atoms with Gasteiger partial charge in [-0.05, 0) is 31.0 Å². The Morgan fingerprint density at radius 3 is 2.72 bits per heavy atom. The number of guanidine groups is 1. The fourth-order valence-corrected chi connectivity index (χ4v) is 2.68. The predicted octanol–water partition coefficient (Wildman–Crippen LogP) is 3.38. The molecule has 2 aromatic rings. The minimum Gasteiger partial charge on any atom is -0.486 e. The SMILES string of the molecule is CCCOc1ccc(CN=C(NCC)NCC2COc3ccccc3O2)cn1.I. The molecule has 29 heavy (non-hydrogen) atoms. The molecule has 2 N–H and O–H groups in total. The van der Waals surface area contributed by atoms with Crippen LogP contribution < -0.4 is 24.8 Å². The summed E-state index contributed by atoms with van der Waals surface area (Å²) in [7, 11) is 0. The molecule has 2 heterocycles. The summed E-state index contributed by atoms with van der Waals surface area (Å²) in [6.07, 6.45) is 2.69. The standard InChI is InChI=1S/C21H28N4O3.HI/c1-3-11-26-20-10-9-16(12-23-20)13-24-21(22-4-2)25-14-17-15-27-18-7-5-6-8-19(18)28-17;/h5-10,12,17H,3-4,11,13-15H2,1-2H3,(H2,22,24,25);1H. The molecule has 8 heteroatoms. The van der Waals surface area contributed by atoms with Gasteiger partial charge in [-0.15, -0.1) is 24.0 Å². The third-order valence-corrected chi connectivity index (χ3v) is 4.08. The van der Waals surface area contributed by atoms with E-state index in [2.05, 4.69) is 27.5 Å². The summed E-state index contributed by atoms with van der Waals surface area (Å²) in [6.45, 7) is 7.20. The number of halogens is 1. The van der Waals surface area contributed by atoms with Gasteiger partial charge in [0.25, 0.3) is 0 Å². The van der Waals surface area contributed by atoms with Gasteiger partial charge >= 0.3 is 0 Å². The van der Waals surface area contributed by atoms with E-state index in [0.717, 1.165) is 36.0 Å². The minimum atomic E-state index is -0.0737. The van der Waals surface area contributed by atoms with Crippen LogP contribution in [0.5, 0.6) is 17.4 Å². The van der Waals surface area contributed by atoms with Crippen molar-refractivity contribution in [2.45, 2.75) is 32.9 Å². The average molecular weight is 512 g/mol. The van der Waals surface area contributed by atoms with Gasteiger partial charge in [-0.2, -0.15) is 0 Å². The highest BCUT2D eigenvalue weighted by Gasteiger charge is 2.20. The fourth-order valence-electron chi connectivity index (χ4n) is 2.68. The number of rotatable bonds is 8. The molecule has 0 bridgehead atoms. The maximum absolute atomic E-state index is 5.97. The van der Waals surface area contributed by atoms with E-state index < -0.39 is 0 Å². The molecular weight excluding hydrogens is 483 g/mol. The molecule has 0 amide bonds. The number of fused-ring (bicyclic) bond motifs is 1. The van der Waals surface area contributed by atoms with Crippen molar-refractivity contribution in [2.75, 3.05) is 26.3 Å². The Kier molecular flexibility index (Phi) is 9.82. The topological polar surface area (TPSA) is 77.0 Å². The summed E-state index contributed by atoms with van der Waals surface area (Å²) in [4.78, 5) is 8.93. The molecule has 1 aliphatic rings. The highest BCUT2D eigenvalue weighted by atomic mass is 127. The summed E-state index contributed by atoms with van der Waals surface area (Å²) in [6, 6.07) is 11.6. The molecule has 0 aliphatic carbocycles. The fraction of sp³-hybridized carbons (Fsp3) is 0.429. The normalized spacial score (nSPS) is 15.2. The molecule has 3 rings (SSSR count). The lowest BCUT2D eigenvalue weighted by molar-refractivity contribution is 0.0936. The third-order valence-electron chi connectivity index (χ3n) is 4.08. The second-order valence-corrected chi connectivity index (χ2v) is 6.43. The van der Waals surface area contributed by atoms with Crippen molar-refractivity contribution in [3.05, 3.63) is 48.2 Å². The number of hydrogen-bond acceptors (Lipinski definition) is 5. The maximum atomic E-state index is 5.97. The Morgan fingerprint density at radius 2 is 2.00 bits per heavy atom. The van der Waals surface area contributed by atoms with Crippen LogP contribution in [0.4, 0.5) is 0 Å². The van der Waals surface area contributed by atoms with Gasteiger partial charge in [0.2, 0.25) is 5.88 Å². The van der Waals surface area contributed by atoms with Crippen molar-refractivity contribution in [3.63, 3.8) is 0 Å². The van der Waals surface area contributed by atoms with E-state index in [1.807, 2.05) is 43.3 Å². The Labute approximate surface area is 189 Å². The zero-order valence-corrected chi connectivity index (χ0v) is 19.2. The Hall–Kier alpha value is -2.23. The van der Waals surface area contributed by atoms with Gasteiger partial charge in [0.05, 0.1) is 19.7 Å². The van der Waals surface area contributed by atoms with Crippen molar-refractivity contribution in [1.29, 1.82) is 0 Å². The first-order valence-corrected chi connectivity index (χ1v) is 9.77. The van der Waals surface area contributed by atoms with E-state index in [4.69, 9.17) is 14.2 Å². The van der Waals surface area contributed by atoms with E-state index in [-0.39, 0.29) is 30.1 Å². The number of pyridine rings is 1. The van der Waals surface area contributed by atoms with E-state index in [1.54, 1.807) is 6.20 Å². The number of nitrogens with zero attached hydrogens (tertiary/aromatic N) is 2. The van der Waals surface area contributed by atoms with Crippen LogP contribution in [0.25, 0.3) is 0 Å². The van der Waals surface area contributed by atoms with E-state index in [0.29, 0.717) is 32.2 Å². The number of para-hydroxylation sites is 2. The van der Waals surface area contributed by atoms with Gasteiger partial charge in [0.15, 0.2) is 17.5 Å². The third kappa shape index (κ3) is 7.26. The summed E-state index contributed by atoms with van der Waals surface area (Å²) in [5.74, 6) is 2.95. The van der Waals surface area contributed by atoms with Crippen LogP contribution in [-0.2, 0) is 6.54 Å². The van der Waals surface area contributed by atoms with Gasteiger partial charge in [0, 0.05) is 18.8 Å². The monoisotopic (exact) mass is 512 g/mol. The lowest BCUT2D eigenvalue weighted by Crippen LogP contribution is -2.45. The second-order valence-electron chi connectivity index (χ2n) is 6.43. The second kappa shape index (κ2) is 12.4. The zero-order chi connectivity index (χ0) is 19.6. The lowest BCUT2D eigenvalue weighted by Gasteiger charge is -2.27. The number of hydrogen-bond donors (Lipinski definition) is 2. The molecule has 0 spiro atoms. The zero-order valence-electron chi connectivity index (χ0n) is 16.9. The molecule has 0 fully saturated rings. The molecule has 0 saturated heterocycles. The van der Waals surface area contributed by atoms with Crippen LogP contribution in [0.3, 0.4) is 0 Å². The van der Waals surface area contributed by atoms with Crippen LogP contribution in [0.2, 0.25) is 0 Å². The molecule has 1 unspecified atom stereocenters. The predicted molar refractivity (Wildman–Crippen MR) is 125 cm³/mol. The van der Waals surface area contributed by atoms with Gasteiger partial charge in [-0.1, -0.05) is 25.1 Å². The first kappa shape index (κ1) is 23.1. The largest absolute Gasteiger partial charge is 0.486 e. The smallest absolute Gasteiger partial charge is 0.213 e. The van der Waals surface area contributed by atoms with Crippen molar-refractivity contribution >= 4 is 29.9 Å². The number of nitrogens with one attached hydrogen (secondary N) is 2. The van der Waals surface area contributed by atoms with Gasteiger partial charge in [0.1, 0.15) is 12.7 Å². The summed E-state index contributed by atoms with van der Waals surface area (Å²) < 4.78 is 17.2. The number of benzene rings is 1. The van der Waals surface area contributed by atoms with Crippen molar-refractivity contribution in [2.24, 2.45) is 4.99 Å². The highest BCUT2D eigenvalue weighted by Crippen LogP contribution is 2.30. The Morgan fingerprint density at radius 1 is 1.17 bits per heavy atom. The lowest BCUT2D eigenvalue weighted by atomic mass is 10.2.